The van der Waals surface area contributed by atoms with E-state index in [-0.39, 0.29) is 47.9 Å². The van der Waals surface area contributed by atoms with Gasteiger partial charge in [-0.3, -0.25) is 9.59 Å². The highest BCUT2D eigenvalue weighted by atomic mass is 16.2. The smallest absolute Gasteiger partial charge is 0.317 e. The lowest BCUT2D eigenvalue weighted by molar-refractivity contribution is -0.141. The molecule has 2 saturated heterocycles. The fourth-order valence-corrected chi connectivity index (χ4v) is 5.21. The number of hydrogen-bond donors (Lipinski definition) is 3. The van der Waals surface area contributed by atoms with Gasteiger partial charge in [0.25, 0.3) is 0 Å². The topological polar surface area (TPSA) is 93.8 Å². The lowest BCUT2D eigenvalue weighted by atomic mass is 9.85. The van der Waals surface area contributed by atoms with Crippen molar-refractivity contribution in [2.45, 2.75) is 98.1 Å². The summed E-state index contributed by atoms with van der Waals surface area (Å²) >= 11 is 0. The zero-order chi connectivity index (χ0) is 26.6. The molecule has 8 heteroatoms. The summed E-state index contributed by atoms with van der Waals surface area (Å²) < 4.78 is 0. The molecular formula is C28H45N5O3. The van der Waals surface area contributed by atoms with Gasteiger partial charge in [0.05, 0.1) is 12.1 Å². The second-order valence-electron chi connectivity index (χ2n) is 11.7. The van der Waals surface area contributed by atoms with E-state index < -0.39 is 11.5 Å². The molecule has 1 aromatic rings. The number of nitrogens with zero attached hydrogens (tertiary/aromatic N) is 2. The zero-order valence-corrected chi connectivity index (χ0v) is 23.0. The Bertz CT molecular complexity index is 914. The lowest BCUT2D eigenvalue weighted by Gasteiger charge is -2.37. The molecule has 0 saturated carbocycles. The van der Waals surface area contributed by atoms with Gasteiger partial charge in [0, 0.05) is 37.6 Å². The Morgan fingerprint density at radius 1 is 1.03 bits per heavy atom. The molecule has 0 unspecified atom stereocenters. The van der Waals surface area contributed by atoms with Gasteiger partial charge in [0.1, 0.15) is 6.04 Å². The molecule has 5 atom stereocenters. The molecule has 0 spiro atoms. The fourth-order valence-electron chi connectivity index (χ4n) is 5.21. The molecule has 0 aliphatic carbocycles. The molecule has 8 nitrogen and oxygen atoms in total. The summed E-state index contributed by atoms with van der Waals surface area (Å²) in [5.41, 5.74) is 0.710. The van der Waals surface area contributed by atoms with E-state index in [1.54, 1.807) is 0 Å². The lowest BCUT2D eigenvalue weighted by Crippen LogP contribution is -2.59. The second-order valence-corrected chi connectivity index (χ2v) is 11.7. The Morgan fingerprint density at radius 2 is 1.69 bits per heavy atom. The predicted molar refractivity (Wildman–Crippen MR) is 142 cm³/mol. The number of benzene rings is 1. The van der Waals surface area contributed by atoms with Crippen LogP contribution in [0.25, 0.3) is 0 Å². The minimum absolute atomic E-state index is 0.0347. The van der Waals surface area contributed by atoms with Gasteiger partial charge in [-0.1, -0.05) is 65.0 Å². The molecule has 0 aromatic heterocycles. The first-order valence-corrected chi connectivity index (χ1v) is 13.4. The SMILES string of the molecule is CC[C@@H](C)C(=O)N[C@H](C(=O)N1CC[C@@H]2[C@H]1[C@@H](NCc1ccccc1)CN2C(=O)NC(C)C)C(C)(C)C. The second kappa shape index (κ2) is 11.6. The largest absolute Gasteiger partial charge is 0.344 e. The van der Waals surface area contributed by atoms with Gasteiger partial charge < -0.3 is 25.8 Å². The van der Waals surface area contributed by atoms with Crippen molar-refractivity contribution in [1.29, 1.82) is 0 Å². The van der Waals surface area contributed by atoms with Crippen molar-refractivity contribution >= 4 is 17.8 Å². The molecule has 2 aliphatic rings. The van der Waals surface area contributed by atoms with E-state index >= 15 is 0 Å². The van der Waals surface area contributed by atoms with E-state index in [0.29, 0.717) is 19.6 Å². The standard InChI is InChI=1S/C28H45N5O3/c1-8-19(4)25(34)31-24(28(5,6)7)26(35)32-15-14-22-23(32)21(17-33(22)27(36)30-18(2)3)29-16-20-12-10-9-11-13-20/h9-13,18-19,21-24,29H,8,14-17H2,1-7H3,(H,30,36)(H,31,34)/t19-,21+,22-,23-,24-/m1/s1. The molecule has 3 N–H and O–H groups in total. The molecule has 1 aromatic carbocycles. The summed E-state index contributed by atoms with van der Waals surface area (Å²) in [6.07, 6.45) is 1.44. The van der Waals surface area contributed by atoms with Crippen LogP contribution in [-0.4, -0.2) is 70.9 Å². The van der Waals surface area contributed by atoms with Gasteiger partial charge in [0.15, 0.2) is 0 Å². The maximum absolute atomic E-state index is 14.0. The van der Waals surface area contributed by atoms with Crippen molar-refractivity contribution in [2.75, 3.05) is 13.1 Å². The average molecular weight is 500 g/mol. The van der Waals surface area contributed by atoms with Crippen molar-refractivity contribution in [1.82, 2.24) is 25.8 Å². The summed E-state index contributed by atoms with van der Waals surface area (Å²) in [6.45, 7) is 15.5. The van der Waals surface area contributed by atoms with E-state index in [2.05, 4.69) is 28.1 Å². The highest BCUT2D eigenvalue weighted by molar-refractivity contribution is 5.89. The van der Waals surface area contributed by atoms with E-state index in [9.17, 15) is 14.4 Å². The number of carbonyl (C=O) groups excluding carboxylic acids is 3. The number of carbonyl (C=O) groups is 3. The third kappa shape index (κ3) is 6.38. The molecule has 36 heavy (non-hydrogen) atoms. The Hall–Kier alpha value is -2.61. The van der Waals surface area contributed by atoms with Crippen LogP contribution in [0.1, 0.15) is 66.9 Å². The third-order valence-corrected chi connectivity index (χ3v) is 7.45. The quantitative estimate of drug-likeness (QED) is 0.512. The molecule has 0 bridgehead atoms. The summed E-state index contributed by atoms with van der Waals surface area (Å²) in [5.74, 6) is -0.315. The predicted octanol–water partition coefficient (Wildman–Crippen LogP) is 3.12. The van der Waals surface area contributed by atoms with Crippen molar-refractivity contribution in [3.8, 4) is 0 Å². The summed E-state index contributed by atoms with van der Waals surface area (Å²) in [7, 11) is 0. The molecule has 2 fully saturated rings. The Kier molecular flexibility index (Phi) is 9.03. The van der Waals surface area contributed by atoms with Crippen LogP contribution in [0.15, 0.2) is 30.3 Å². The summed E-state index contributed by atoms with van der Waals surface area (Å²) in [4.78, 5) is 43.7. The van der Waals surface area contributed by atoms with Crippen LogP contribution in [-0.2, 0) is 16.1 Å². The van der Waals surface area contributed by atoms with E-state index in [0.717, 1.165) is 18.4 Å². The number of hydrogen-bond acceptors (Lipinski definition) is 4. The van der Waals surface area contributed by atoms with E-state index in [4.69, 9.17) is 0 Å². The molecule has 4 amide bonds. The first-order valence-electron chi connectivity index (χ1n) is 13.4. The molecule has 2 heterocycles. The monoisotopic (exact) mass is 499 g/mol. The van der Waals surface area contributed by atoms with Gasteiger partial charge >= 0.3 is 6.03 Å². The number of urea groups is 1. The normalized spacial score (nSPS) is 23.4. The first-order chi connectivity index (χ1) is 16.9. The minimum Gasteiger partial charge on any atom is -0.344 e. The Morgan fingerprint density at radius 3 is 2.28 bits per heavy atom. The van der Waals surface area contributed by atoms with Gasteiger partial charge in [-0.15, -0.1) is 0 Å². The Labute approximate surface area is 216 Å². The maximum atomic E-state index is 14.0. The van der Waals surface area contributed by atoms with Gasteiger partial charge in [0.2, 0.25) is 11.8 Å². The number of rotatable bonds is 8. The van der Waals surface area contributed by atoms with Crippen LogP contribution in [0.4, 0.5) is 4.79 Å². The van der Waals surface area contributed by atoms with Crippen molar-refractivity contribution < 1.29 is 14.4 Å². The molecule has 200 valence electrons. The third-order valence-electron chi connectivity index (χ3n) is 7.45. The Balaban J connectivity index is 1.85. The van der Waals surface area contributed by atoms with Crippen LogP contribution >= 0.6 is 0 Å². The molecular weight excluding hydrogens is 454 g/mol. The minimum atomic E-state index is -0.633. The fraction of sp³-hybridized carbons (Fsp3) is 0.679. The van der Waals surface area contributed by atoms with Crippen LogP contribution in [0, 0.1) is 11.3 Å². The van der Waals surface area contributed by atoms with Crippen LogP contribution < -0.4 is 16.0 Å². The molecule has 3 rings (SSSR count). The number of fused-ring (bicyclic) bond motifs is 1. The zero-order valence-electron chi connectivity index (χ0n) is 23.0. The van der Waals surface area contributed by atoms with E-state index in [1.165, 1.54) is 0 Å². The first kappa shape index (κ1) is 28.0. The summed E-state index contributed by atoms with van der Waals surface area (Å²) in [6, 6.07) is 9.19. The van der Waals surface area contributed by atoms with Crippen LogP contribution in [0.3, 0.4) is 0 Å². The van der Waals surface area contributed by atoms with Crippen molar-refractivity contribution in [3.05, 3.63) is 35.9 Å². The van der Waals surface area contributed by atoms with E-state index in [1.807, 2.05) is 76.5 Å². The molecule has 2 aliphatic heterocycles. The van der Waals surface area contributed by atoms with Crippen molar-refractivity contribution in [3.63, 3.8) is 0 Å². The van der Waals surface area contributed by atoms with Gasteiger partial charge in [-0.25, -0.2) is 4.79 Å². The number of nitrogens with one attached hydrogen (secondary N) is 3. The number of amides is 4. The summed E-state index contributed by atoms with van der Waals surface area (Å²) in [5, 5.41) is 9.72. The van der Waals surface area contributed by atoms with Crippen molar-refractivity contribution in [2.24, 2.45) is 11.3 Å². The highest BCUT2D eigenvalue weighted by Crippen LogP contribution is 2.34. The maximum Gasteiger partial charge on any atom is 0.317 e. The average Bonchev–Trinajstić information content (AvgIpc) is 3.40. The number of likely N-dealkylation sites (tertiary alicyclic amines) is 2. The van der Waals surface area contributed by atoms with Gasteiger partial charge in [-0.05, 0) is 37.7 Å². The van der Waals surface area contributed by atoms with Gasteiger partial charge in [-0.2, -0.15) is 0 Å². The molecule has 0 radical (unpaired) electrons. The van der Waals surface area contributed by atoms with Crippen LogP contribution in [0.2, 0.25) is 0 Å². The highest BCUT2D eigenvalue weighted by Gasteiger charge is 2.53. The van der Waals surface area contributed by atoms with Crippen LogP contribution in [0.5, 0.6) is 0 Å².